The molecule has 0 saturated carbocycles. The molecular formula is C16H41NO10P3+. The number of hydrogen-bond acceptors (Lipinski definition) is 5. The molecular weight excluding hydrogens is 459 g/mol. The molecule has 184 valence electrons. The van der Waals surface area contributed by atoms with Crippen molar-refractivity contribution in [1.82, 2.24) is 0 Å². The molecule has 0 amide bonds. The highest BCUT2D eigenvalue weighted by Crippen LogP contribution is 2.64. The van der Waals surface area contributed by atoms with E-state index in [4.69, 9.17) is 24.5 Å². The Hall–Kier alpha value is 0.370. The first-order valence-electron chi connectivity index (χ1n) is 10.4. The van der Waals surface area contributed by atoms with Gasteiger partial charge in [0.25, 0.3) is 0 Å². The SMILES string of the molecule is CCCC[N+](CCCC)(CCCC)CCCC.O=P(O)(O)OP(=O)(O)OP(=O)(O)O. The van der Waals surface area contributed by atoms with E-state index in [-0.39, 0.29) is 0 Å². The molecule has 0 rings (SSSR count). The molecule has 0 aliphatic carbocycles. The van der Waals surface area contributed by atoms with E-state index >= 15 is 0 Å². The van der Waals surface area contributed by atoms with Gasteiger partial charge in [-0.3, -0.25) is 0 Å². The molecule has 5 N–H and O–H groups in total. The first kappa shape index (κ1) is 32.5. The summed E-state index contributed by atoms with van der Waals surface area (Å²) in [6.45, 7) is 15.0. The largest absolute Gasteiger partial charge is 0.490 e. The van der Waals surface area contributed by atoms with Gasteiger partial charge in [-0.05, 0) is 25.7 Å². The van der Waals surface area contributed by atoms with Gasteiger partial charge in [0.1, 0.15) is 0 Å². The van der Waals surface area contributed by atoms with Crippen molar-refractivity contribution in [3.8, 4) is 0 Å². The van der Waals surface area contributed by atoms with Gasteiger partial charge in [-0.25, -0.2) is 13.7 Å². The molecule has 0 atom stereocenters. The van der Waals surface area contributed by atoms with Gasteiger partial charge in [-0.1, -0.05) is 53.4 Å². The molecule has 0 aliphatic rings. The summed E-state index contributed by atoms with van der Waals surface area (Å²) >= 11 is 0. The maximum atomic E-state index is 10.4. The summed E-state index contributed by atoms with van der Waals surface area (Å²) in [6.07, 6.45) is 11.1. The number of unbranched alkanes of at least 4 members (excludes halogenated alkanes) is 4. The molecule has 0 unspecified atom stereocenters. The lowest BCUT2D eigenvalue weighted by Gasteiger charge is -2.39. The second-order valence-corrected chi connectivity index (χ2v) is 11.5. The minimum atomic E-state index is -5.46. The Kier molecular flexibility index (Phi) is 17.4. The van der Waals surface area contributed by atoms with Crippen LogP contribution in [0.15, 0.2) is 0 Å². The van der Waals surface area contributed by atoms with Crippen LogP contribution in [0.4, 0.5) is 0 Å². The predicted octanol–water partition coefficient (Wildman–Crippen LogP) is 4.31. The van der Waals surface area contributed by atoms with Gasteiger partial charge in [0.2, 0.25) is 0 Å². The number of nitrogens with zero attached hydrogens (tertiary/aromatic N) is 1. The van der Waals surface area contributed by atoms with Crippen LogP contribution in [-0.2, 0) is 22.3 Å². The van der Waals surface area contributed by atoms with Crippen molar-refractivity contribution in [3.05, 3.63) is 0 Å². The highest BCUT2D eigenvalue weighted by molar-refractivity contribution is 7.66. The zero-order valence-corrected chi connectivity index (χ0v) is 21.2. The third-order valence-corrected chi connectivity index (χ3v) is 7.72. The summed E-state index contributed by atoms with van der Waals surface area (Å²) in [4.78, 5) is 40.2. The van der Waals surface area contributed by atoms with E-state index in [1.807, 2.05) is 0 Å². The molecule has 0 saturated heterocycles. The molecule has 30 heavy (non-hydrogen) atoms. The fourth-order valence-electron chi connectivity index (χ4n) is 2.93. The quantitative estimate of drug-likeness (QED) is 0.152. The highest BCUT2D eigenvalue weighted by Gasteiger charge is 2.38. The first-order chi connectivity index (χ1) is 13.7. The van der Waals surface area contributed by atoms with Crippen LogP contribution in [0.1, 0.15) is 79.1 Å². The van der Waals surface area contributed by atoms with E-state index in [1.54, 1.807) is 0 Å². The third kappa shape index (κ3) is 20.3. The van der Waals surface area contributed by atoms with Crippen LogP contribution in [0.5, 0.6) is 0 Å². The van der Waals surface area contributed by atoms with Crippen LogP contribution >= 0.6 is 23.5 Å². The van der Waals surface area contributed by atoms with Crippen LogP contribution in [-0.4, -0.2) is 55.1 Å². The van der Waals surface area contributed by atoms with Gasteiger partial charge in [-0.15, -0.1) is 0 Å². The Morgan fingerprint density at radius 3 is 0.967 bits per heavy atom. The van der Waals surface area contributed by atoms with Gasteiger partial charge in [0, 0.05) is 0 Å². The van der Waals surface area contributed by atoms with Crippen molar-refractivity contribution in [2.75, 3.05) is 26.2 Å². The maximum Gasteiger partial charge on any atom is 0.490 e. The predicted molar refractivity (Wildman–Crippen MR) is 115 cm³/mol. The van der Waals surface area contributed by atoms with Crippen LogP contribution < -0.4 is 0 Å². The Bertz CT molecular complexity index is 512. The number of quaternary nitrogens is 1. The van der Waals surface area contributed by atoms with Crippen molar-refractivity contribution in [2.45, 2.75) is 79.1 Å². The van der Waals surface area contributed by atoms with Gasteiger partial charge in [-0.2, -0.15) is 8.62 Å². The molecule has 0 aromatic heterocycles. The average molecular weight is 500 g/mol. The normalized spacial score (nSPS) is 13.1. The summed E-state index contributed by atoms with van der Waals surface area (Å²) in [5.74, 6) is 0. The van der Waals surface area contributed by atoms with Crippen molar-refractivity contribution in [1.29, 1.82) is 0 Å². The molecule has 0 aromatic rings. The molecule has 0 fully saturated rings. The van der Waals surface area contributed by atoms with E-state index in [0.717, 1.165) is 0 Å². The lowest BCUT2D eigenvalue weighted by atomic mass is 10.1. The van der Waals surface area contributed by atoms with Gasteiger partial charge in [0.15, 0.2) is 0 Å². The van der Waals surface area contributed by atoms with E-state index in [2.05, 4.69) is 36.3 Å². The number of phosphoric acid groups is 3. The Balaban J connectivity index is 0. The van der Waals surface area contributed by atoms with E-state index in [0.29, 0.717) is 0 Å². The van der Waals surface area contributed by atoms with Crippen molar-refractivity contribution < 1.29 is 51.3 Å². The maximum absolute atomic E-state index is 10.4. The summed E-state index contributed by atoms with van der Waals surface area (Å²) in [6, 6.07) is 0. The molecule has 0 aliphatic heterocycles. The van der Waals surface area contributed by atoms with E-state index < -0.39 is 23.5 Å². The zero-order chi connectivity index (χ0) is 23.9. The van der Waals surface area contributed by atoms with Gasteiger partial charge < -0.3 is 29.0 Å². The fourth-order valence-corrected chi connectivity index (χ4v) is 5.47. The topological polar surface area (TPSA) is 171 Å². The average Bonchev–Trinajstić information content (AvgIpc) is 2.57. The molecule has 0 radical (unpaired) electrons. The lowest BCUT2D eigenvalue weighted by Crippen LogP contribution is -2.50. The summed E-state index contributed by atoms with van der Waals surface area (Å²) in [7, 11) is -16.2. The molecule has 14 heteroatoms. The molecule has 0 aromatic carbocycles. The van der Waals surface area contributed by atoms with Crippen molar-refractivity contribution >= 4 is 23.5 Å². The second-order valence-electron chi connectivity index (χ2n) is 7.26. The van der Waals surface area contributed by atoms with E-state index in [9.17, 15) is 13.7 Å². The minimum absolute atomic E-state index is 1.35. The van der Waals surface area contributed by atoms with Gasteiger partial charge in [0.05, 0.1) is 26.2 Å². The lowest BCUT2D eigenvalue weighted by molar-refractivity contribution is -0.929. The minimum Gasteiger partial charge on any atom is -0.324 e. The Labute approximate surface area is 180 Å². The number of hydrogen-bond donors (Lipinski definition) is 5. The van der Waals surface area contributed by atoms with Crippen LogP contribution in [0.3, 0.4) is 0 Å². The molecule has 11 nitrogen and oxygen atoms in total. The summed E-state index contributed by atoms with van der Waals surface area (Å²) in [5, 5.41) is 0. The van der Waals surface area contributed by atoms with Crippen LogP contribution in [0.2, 0.25) is 0 Å². The summed E-state index contributed by atoms with van der Waals surface area (Å²) in [5.41, 5.74) is 0. The fraction of sp³-hybridized carbons (Fsp3) is 1.00. The van der Waals surface area contributed by atoms with Crippen LogP contribution in [0.25, 0.3) is 0 Å². The van der Waals surface area contributed by atoms with Gasteiger partial charge >= 0.3 is 23.5 Å². The van der Waals surface area contributed by atoms with Crippen LogP contribution in [0, 0.1) is 0 Å². The van der Waals surface area contributed by atoms with Crippen molar-refractivity contribution in [2.24, 2.45) is 0 Å². The van der Waals surface area contributed by atoms with E-state index in [1.165, 1.54) is 82.0 Å². The van der Waals surface area contributed by atoms with Crippen molar-refractivity contribution in [3.63, 3.8) is 0 Å². The monoisotopic (exact) mass is 500 g/mol. The first-order valence-corrected chi connectivity index (χ1v) is 14.9. The zero-order valence-electron chi connectivity index (χ0n) is 18.6. The third-order valence-electron chi connectivity index (χ3n) is 4.36. The highest BCUT2D eigenvalue weighted by atomic mass is 31.3. The summed E-state index contributed by atoms with van der Waals surface area (Å²) < 4.78 is 37.8. The smallest absolute Gasteiger partial charge is 0.324 e. The molecule has 0 heterocycles. The second kappa shape index (κ2) is 16.1. The Morgan fingerprint density at radius 2 is 0.800 bits per heavy atom. The number of rotatable bonds is 16. The molecule has 0 spiro atoms. The molecule has 0 bridgehead atoms. The standard InChI is InChI=1S/C16H36N.H5O10P3/c1-5-9-13-17(14-10-6-2,15-11-7-3)16-12-8-4;1-11(2,3)9-13(7,8)10-12(4,5)6/h5-16H2,1-4H3;(H,7,8)(H2,1,2,3)(H2,4,5,6)/q+1;. The Morgan fingerprint density at radius 1 is 0.567 bits per heavy atom.